The molecule has 0 aromatic rings. The molecule has 0 saturated carbocycles. The second-order valence-corrected chi connectivity index (χ2v) is 5.05. The molecular weight excluding hydrogens is 244 g/mol. The fourth-order valence-corrected chi connectivity index (χ4v) is 1.76. The van der Waals surface area contributed by atoms with Gasteiger partial charge in [-0.1, -0.05) is 35.9 Å². The van der Waals surface area contributed by atoms with Gasteiger partial charge in [0.05, 0.1) is 13.2 Å². The van der Waals surface area contributed by atoms with Gasteiger partial charge in [-0.3, -0.25) is 0 Å². The lowest BCUT2D eigenvalue weighted by molar-refractivity contribution is 0.177. The Kier molecular flexibility index (Phi) is 4.69. The lowest BCUT2D eigenvalue weighted by atomic mass is 10.1. The molecule has 0 heterocycles. The number of aliphatic hydroxyl groups excluding tert-OH is 1. The third-order valence-electron chi connectivity index (χ3n) is 1.97. The van der Waals surface area contributed by atoms with Gasteiger partial charge in [0, 0.05) is 10.4 Å². The maximum atomic E-state index is 9.13. The van der Waals surface area contributed by atoms with Crippen molar-refractivity contribution in [1.82, 2.24) is 0 Å². The number of halogens is 1. The second-order valence-electron chi connectivity index (χ2n) is 3.87. The van der Waals surface area contributed by atoms with Crippen molar-refractivity contribution in [3.8, 4) is 0 Å². The van der Waals surface area contributed by atoms with E-state index in [2.05, 4.69) is 29.8 Å². The zero-order chi connectivity index (χ0) is 10.6. The molecule has 1 N–H and O–H groups in total. The summed E-state index contributed by atoms with van der Waals surface area (Å²) in [6.45, 7) is 4.97. The molecule has 0 bridgehead atoms. The van der Waals surface area contributed by atoms with Gasteiger partial charge in [0.15, 0.2) is 0 Å². The Labute approximate surface area is 93.8 Å². The van der Waals surface area contributed by atoms with Gasteiger partial charge in [0.1, 0.15) is 5.76 Å². The first kappa shape index (κ1) is 11.8. The molecule has 0 fully saturated rings. The van der Waals surface area contributed by atoms with Crippen LogP contribution in [0.1, 0.15) is 20.3 Å². The monoisotopic (exact) mass is 260 g/mol. The van der Waals surface area contributed by atoms with E-state index in [9.17, 15) is 0 Å². The van der Waals surface area contributed by atoms with Crippen LogP contribution in [0.15, 0.2) is 23.5 Å². The van der Waals surface area contributed by atoms with E-state index < -0.39 is 0 Å². The van der Waals surface area contributed by atoms with Crippen LogP contribution in [-0.2, 0) is 4.74 Å². The Morgan fingerprint density at radius 1 is 1.64 bits per heavy atom. The Balaban J connectivity index is 2.55. The number of allylic oxidation sites excluding steroid dienone is 2. The smallest absolute Gasteiger partial charge is 0.120 e. The van der Waals surface area contributed by atoms with E-state index in [1.807, 2.05) is 12.2 Å². The number of aliphatic hydroxyl groups is 1. The van der Waals surface area contributed by atoms with E-state index in [4.69, 9.17) is 9.84 Å². The minimum absolute atomic E-state index is 0.0476. The molecule has 80 valence electrons. The minimum atomic E-state index is 0.0476. The van der Waals surface area contributed by atoms with Gasteiger partial charge >= 0.3 is 0 Å². The Morgan fingerprint density at radius 3 is 2.93 bits per heavy atom. The van der Waals surface area contributed by atoms with E-state index in [-0.39, 0.29) is 6.61 Å². The highest BCUT2D eigenvalue weighted by Crippen LogP contribution is 2.24. The molecule has 2 nitrogen and oxygen atoms in total. The fraction of sp³-hybridized carbons (Fsp3) is 0.636. The van der Waals surface area contributed by atoms with Gasteiger partial charge in [-0.15, -0.1) is 0 Å². The van der Waals surface area contributed by atoms with Gasteiger partial charge in [0.25, 0.3) is 0 Å². The summed E-state index contributed by atoms with van der Waals surface area (Å²) in [6.07, 6.45) is 4.97. The van der Waals surface area contributed by atoms with Crippen LogP contribution < -0.4 is 0 Å². The van der Waals surface area contributed by atoms with Crippen LogP contribution in [-0.4, -0.2) is 23.1 Å². The molecule has 0 saturated heterocycles. The molecule has 0 spiro atoms. The van der Waals surface area contributed by atoms with Crippen molar-refractivity contribution >= 4 is 15.9 Å². The molecule has 0 aromatic carbocycles. The average molecular weight is 261 g/mol. The first-order valence-corrected chi connectivity index (χ1v) is 5.84. The Hall–Kier alpha value is -0.280. The Bertz CT molecular complexity index is 244. The molecule has 1 unspecified atom stereocenters. The maximum absolute atomic E-state index is 9.13. The van der Waals surface area contributed by atoms with Gasteiger partial charge in [-0.2, -0.15) is 0 Å². The molecule has 0 aromatic heterocycles. The number of alkyl halides is 1. The summed E-state index contributed by atoms with van der Waals surface area (Å²) in [5, 5.41) is 9.13. The number of rotatable bonds is 4. The molecule has 3 heteroatoms. The molecule has 1 atom stereocenters. The highest BCUT2D eigenvalue weighted by atomic mass is 79.9. The standard InChI is InChI=1S/C11H17BrO2/c1-8(2)7-14-11-4-3-10(12)5-9(11)6-13/h4-5,8,10,13H,3,6-7H2,1-2H3. The van der Waals surface area contributed by atoms with Crippen LogP contribution >= 0.6 is 15.9 Å². The first-order chi connectivity index (χ1) is 6.63. The van der Waals surface area contributed by atoms with Crippen LogP contribution in [0.5, 0.6) is 0 Å². The Morgan fingerprint density at radius 2 is 2.36 bits per heavy atom. The molecule has 1 rings (SSSR count). The summed E-state index contributed by atoms with van der Waals surface area (Å²) in [7, 11) is 0. The van der Waals surface area contributed by atoms with E-state index in [1.165, 1.54) is 0 Å². The normalized spacial score (nSPS) is 21.9. The molecule has 1 aliphatic carbocycles. The van der Waals surface area contributed by atoms with Crippen molar-refractivity contribution < 1.29 is 9.84 Å². The summed E-state index contributed by atoms with van der Waals surface area (Å²) in [4.78, 5) is 0.330. The van der Waals surface area contributed by atoms with Crippen LogP contribution in [0, 0.1) is 5.92 Å². The van der Waals surface area contributed by atoms with E-state index in [0.717, 1.165) is 17.8 Å². The van der Waals surface area contributed by atoms with Crippen molar-refractivity contribution in [3.63, 3.8) is 0 Å². The molecule has 0 aliphatic heterocycles. The van der Waals surface area contributed by atoms with Crippen molar-refractivity contribution in [2.75, 3.05) is 13.2 Å². The van der Waals surface area contributed by atoms with Crippen molar-refractivity contribution in [1.29, 1.82) is 0 Å². The average Bonchev–Trinajstić information content (AvgIpc) is 2.15. The van der Waals surface area contributed by atoms with Gasteiger partial charge in [0.2, 0.25) is 0 Å². The predicted molar refractivity (Wildman–Crippen MR) is 61.4 cm³/mol. The summed E-state index contributed by atoms with van der Waals surface area (Å²) < 4.78 is 5.61. The number of ether oxygens (including phenoxy) is 1. The van der Waals surface area contributed by atoms with Crippen LogP contribution in [0.3, 0.4) is 0 Å². The number of hydrogen-bond donors (Lipinski definition) is 1. The van der Waals surface area contributed by atoms with Crippen LogP contribution in [0.4, 0.5) is 0 Å². The first-order valence-electron chi connectivity index (χ1n) is 4.92. The minimum Gasteiger partial charge on any atom is -0.493 e. The van der Waals surface area contributed by atoms with Gasteiger partial charge in [-0.05, 0) is 18.4 Å². The zero-order valence-corrected chi connectivity index (χ0v) is 10.3. The summed E-state index contributed by atoms with van der Waals surface area (Å²) in [6, 6.07) is 0. The van der Waals surface area contributed by atoms with Crippen LogP contribution in [0.25, 0.3) is 0 Å². The summed E-state index contributed by atoms with van der Waals surface area (Å²) in [5.74, 6) is 1.36. The summed E-state index contributed by atoms with van der Waals surface area (Å²) in [5.41, 5.74) is 0.888. The lowest BCUT2D eigenvalue weighted by Crippen LogP contribution is -2.11. The lowest BCUT2D eigenvalue weighted by Gasteiger charge is -2.19. The largest absolute Gasteiger partial charge is 0.493 e. The highest BCUT2D eigenvalue weighted by Gasteiger charge is 2.14. The van der Waals surface area contributed by atoms with Crippen molar-refractivity contribution in [3.05, 3.63) is 23.5 Å². The van der Waals surface area contributed by atoms with Crippen molar-refractivity contribution in [2.45, 2.75) is 25.1 Å². The molecule has 14 heavy (non-hydrogen) atoms. The van der Waals surface area contributed by atoms with Gasteiger partial charge in [-0.25, -0.2) is 0 Å². The maximum Gasteiger partial charge on any atom is 0.120 e. The predicted octanol–water partition coefficient (Wildman–Crippen LogP) is 2.63. The summed E-state index contributed by atoms with van der Waals surface area (Å²) >= 11 is 3.49. The third kappa shape index (κ3) is 3.46. The number of hydrogen-bond acceptors (Lipinski definition) is 2. The van der Waals surface area contributed by atoms with Gasteiger partial charge < -0.3 is 9.84 Å². The molecule has 0 amide bonds. The zero-order valence-electron chi connectivity index (χ0n) is 8.66. The molecule has 0 radical (unpaired) electrons. The SMILES string of the molecule is CC(C)COC1=CCC(Br)C=C1CO. The molecular formula is C11H17BrO2. The second kappa shape index (κ2) is 5.56. The van der Waals surface area contributed by atoms with Crippen molar-refractivity contribution in [2.24, 2.45) is 5.92 Å². The topological polar surface area (TPSA) is 29.5 Å². The van der Waals surface area contributed by atoms with E-state index in [0.29, 0.717) is 17.4 Å². The fourth-order valence-electron chi connectivity index (χ4n) is 1.26. The quantitative estimate of drug-likeness (QED) is 0.788. The van der Waals surface area contributed by atoms with Crippen LogP contribution in [0.2, 0.25) is 0 Å². The molecule has 1 aliphatic rings. The van der Waals surface area contributed by atoms with E-state index >= 15 is 0 Å². The third-order valence-corrected chi connectivity index (χ3v) is 2.61. The highest BCUT2D eigenvalue weighted by molar-refractivity contribution is 9.09. The van der Waals surface area contributed by atoms with E-state index in [1.54, 1.807) is 0 Å².